The van der Waals surface area contributed by atoms with Gasteiger partial charge in [-0.05, 0) is 29.8 Å². The van der Waals surface area contributed by atoms with Gasteiger partial charge in [0.25, 0.3) is 11.5 Å². The third kappa shape index (κ3) is 3.61. The van der Waals surface area contributed by atoms with E-state index in [4.69, 9.17) is 4.42 Å². The molecule has 0 aliphatic rings. The van der Waals surface area contributed by atoms with Gasteiger partial charge >= 0.3 is 0 Å². The number of hydrogen-bond acceptors (Lipinski definition) is 5. The Morgan fingerprint density at radius 3 is 2.45 bits per heavy atom. The van der Waals surface area contributed by atoms with Crippen molar-refractivity contribution in [3.05, 3.63) is 88.5 Å². The van der Waals surface area contributed by atoms with E-state index in [0.29, 0.717) is 22.9 Å². The van der Waals surface area contributed by atoms with Gasteiger partial charge in [-0.2, -0.15) is 5.10 Å². The second kappa shape index (κ2) is 8.23. The fraction of sp³-hybridized carbons (Fsp3) is 0.120. The maximum absolute atomic E-state index is 12.8. The molecule has 0 radical (unpaired) electrons. The zero-order valence-electron chi connectivity index (χ0n) is 17.8. The molecule has 0 saturated heterocycles. The van der Waals surface area contributed by atoms with Crippen molar-refractivity contribution in [2.45, 2.75) is 19.9 Å². The quantitative estimate of drug-likeness (QED) is 0.417. The Morgan fingerprint density at radius 1 is 0.939 bits per heavy atom. The van der Waals surface area contributed by atoms with Crippen LogP contribution >= 0.6 is 0 Å². The molecule has 0 spiro atoms. The minimum atomic E-state index is -0.607. The molecule has 0 aliphatic carbocycles. The molecule has 164 valence electrons. The predicted molar refractivity (Wildman–Crippen MR) is 125 cm³/mol. The molecule has 0 atom stereocenters. The van der Waals surface area contributed by atoms with E-state index in [1.54, 1.807) is 37.5 Å². The van der Waals surface area contributed by atoms with Crippen LogP contribution in [0.2, 0.25) is 0 Å². The van der Waals surface area contributed by atoms with E-state index < -0.39 is 11.8 Å². The van der Waals surface area contributed by atoms with Crippen molar-refractivity contribution in [3.63, 3.8) is 0 Å². The number of hydrazine groups is 1. The lowest BCUT2D eigenvalue weighted by molar-refractivity contribution is -0.121. The highest BCUT2D eigenvalue weighted by Gasteiger charge is 2.18. The lowest BCUT2D eigenvalue weighted by atomic mass is 10.0. The topological polar surface area (TPSA) is 106 Å². The number of aryl methyl sites for hydroxylation is 1. The standard InChI is InChI=1S/C25H20N4O4/c1-2-29-25(32)19-10-6-5-9-18(19)23(28-29)24(31)27-26-21(30)13-16-14-33-20-12-11-15-7-3-4-8-17(15)22(16)20/h3-12,14H,2,13H2,1H3,(H,26,30)(H,27,31). The minimum Gasteiger partial charge on any atom is -0.464 e. The van der Waals surface area contributed by atoms with Gasteiger partial charge in [-0.1, -0.05) is 48.5 Å². The van der Waals surface area contributed by atoms with Crippen LogP contribution < -0.4 is 16.4 Å². The fourth-order valence-electron chi connectivity index (χ4n) is 4.02. The van der Waals surface area contributed by atoms with Crippen molar-refractivity contribution >= 4 is 44.3 Å². The SMILES string of the molecule is CCn1nc(C(=O)NNC(=O)Cc2coc3ccc4ccccc4c23)c2ccccc2c1=O. The Hall–Kier alpha value is -4.46. The van der Waals surface area contributed by atoms with E-state index in [0.717, 1.165) is 21.7 Å². The summed E-state index contributed by atoms with van der Waals surface area (Å²) in [5.41, 5.74) is 6.06. The van der Waals surface area contributed by atoms with Crippen LogP contribution in [-0.2, 0) is 17.8 Å². The second-order valence-electron chi connectivity index (χ2n) is 7.61. The van der Waals surface area contributed by atoms with Gasteiger partial charge in [0.05, 0.1) is 18.1 Å². The molecule has 0 fully saturated rings. The number of rotatable bonds is 4. The second-order valence-corrected chi connectivity index (χ2v) is 7.61. The largest absolute Gasteiger partial charge is 0.464 e. The number of benzene rings is 3. The number of amides is 2. The first-order valence-electron chi connectivity index (χ1n) is 10.5. The molecular weight excluding hydrogens is 420 g/mol. The Kier molecular flexibility index (Phi) is 5.10. The molecule has 0 bridgehead atoms. The lowest BCUT2D eigenvalue weighted by Gasteiger charge is -2.11. The van der Waals surface area contributed by atoms with Crippen molar-refractivity contribution in [3.8, 4) is 0 Å². The van der Waals surface area contributed by atoms with Crippen LogP contribution in [-0.4, -0.2) is 21.6 Å². The number of fused-ring (bicyclic) bond motifs is 4. The van der Waals surface area contributed by atoms with E-state index in [2.05, 4.69) is 16.0 Å². The summed E-state index contributed by atoms with van der Waals surface area (Å²) in [6.07, 6.45) is 1.58. The molecule has 5 rings (SSSR count). The molecular formula is C25H20N4O4. The molecule has 2 heterocycles. The van der Waals surface area contributed by atoms with E-state index >= 15 is 0 Å². The van der Waals surface area contributed by atoms with Crippen LogP contribution in [0.1, 0.15) is 23.0 Å². The van der Waals surface area contributed by atoms with Crippen molar-refractivity contribution < 1.29 is 14.0 Å². The first-order valence-corrected chi connectivity index (χ1v) is 10.5. The molecule has 0 unspecified atom stereocenters. The molecule has 2 amide bonds. The summed E-state index contributed by atoms with van der Waals surface area (Å²) in [7, 11) is 0. The van der Waals surface area contributed by atoms with Gasteiger partial charge in [-0.15, -0.1) is 0 Å². The number of nitrogens with one attached hydrogen (secondary N) is 2. The van der Waals surface area contributed by atoms with Crippen LogP contribution in [0.4, 0.5) is 0 Å². The van der Waals surface area contributed by atoms with Gasteiger partial charge in [-0.25, -0.2) is 4.68 Å². The molecule has 0 saturated carbocycles. The highest BCUT2D eigenvalue weighted by Crippen LogP contribution is 2.30. The van der Waals surface area contributed by atoms with Gasteiger partial charge in [0.1, 0.15) is 5.58 Å². The van der Waals surface area contributed by atoms with E-state index in [9.17, 15) is 14.4 Å². The van der Waals surface area contributed by atoms with Crippen LogP contribution in [0, 0.1) is 0 Å². The highest BCUT2D eigenvalue weighted by atomic mass is 16.3. The number of carbonyl (C=O) groups is 2. The Balaban J connectivity index is 1.37. The normalized spacial score (nSPS) is 11.2. The van der Waals surface area contributed by atoms with E-state index in [1.165, 1.54) is 4.68 Å². The first-order chi connectivity index (χ1) is 16.1. The fourth-order valence-corrected chi connectivity index (χ4v) is 4.02. The molecule has 2 N–H and O–H groups in total. The average molecular weight is 440 g/mol. The first kappa shape index (κ1) is 20.4. The van der Waals surface area contributed by atoms with Crippen molar-refractivity contribution in [1.29, 1.82) is 0 Å². The van der Waals surface area contributed by atoms with Gasteiger partial charge < -0.3 is 4.42 Å². The third-order valence-corrected chi connectivity index (χ3v) is 5.59. The molecule has 8 heteroatoms. The predicted octanol–water partition coefficient (Wildman–Crippen LogP) is 3.32. The Bertz CT molecular complexity index is 1600. The van der Waals surface area contributed by atoms with Crippen molar-refractivity contribution in [2.24, 2.45) is 0 Å². The van der Waals surface area contributed by atoms with Crippen LogP contribution in [0.3, 0.4) is 0 Å². The lowest BCUT2D eigenvalue weighted by Crippen LogP contribution is -2.43. The summed E-state index contributed by atoms with van der Waals surface area (Å²) >= 11 is 0. The van der Waals surface area contributed by atoms with Gasteiger partial charge in [-0.3, -0.25) is 25.2 Å². The maximum atomic E-state index is 12.8. The monoisotopic (exact) mass is 440 g/mol. The van der Waals surface area contributed by atoms with Crippen LogP contribution in [0.15, 0.2) is 76.1 Å². The van der Waals surface area contributed by atoms with Crippen molar-refractivity contribution in [2.75, 3.05) is 0 Å². The van der Waals surface area contributed by atoms with Gasteiger partial charge in [0.2, 0.25) is 5.91 Å². The Labute approximate surface area is 187 Å². The number of aromatic nitrogens is 2. The van der Waals surface area contributed by atoms with Crippen LogP contribution in [0.25, 0.3) is 32.5 Å². The van der Waals surface area contributed by atoms with Gasteiger partial charge in [0.15, 0.2) is 5.69 Å². The number of nitrogens with zero attached hydrogens (tertiary/aromatic N) is 2. The molecule has 3 aromatic carbocycles. The summed E-state index contributed by atoms with van der Waals surface area (Å²) < 4.78 is 6.85. The Morgan fingerprint density at radius 2 is 1.67 bits per heavy atom. The smallest absolute Gasteiger partial charge is 0.290 e. The maximum Gasteiger partial charge on any atom is 0.290 e. The zero-order valence-corrected chi connectivity index (χ0v) is 17.8. The number of furan rings is 1. The minimum absolute atomic E-state index is 0.0178. The molecule has 33 heavy (non-hydrogen) atoms. The zero-order chi connectivity index (χ0) is 22.9. The summed E-state index contributed by atoms with van der Waals surface area (Å²) in [5, 5.41) is 7.90. The van der Waals surface area contributed by atoms with Crippen molar-refractivity contribution in [1.82, 2.24) is 20.6 Å². The average Bonchev–Trinajstić information content (AvgIpc) is 3.26. The molecule has 2 aromatic heterocycles. The number of carbonyl (C=O) groups excluding carboxylic acids is 2. The summed E-state index contributed by atoms with van der Waals surface area (Å²) in [6, 6.07) is 18.5. The summed E-state index contributed by atoms with van der Waals surface area (Å²) in [5.74, 6) is -1.02. The molecule has 5 aromatic rings. The molecule has 0 aliphatic heterocycles. The van der Waals surface area contributed by atoms with Crippen LogP contribution in [0.5, 0.6) is 0 Å². The van der Waals surface area contributed by atoms with Gasteiger partial charge in [0, 0.05) is 22.9 Å². The third-order valence-electron chi connectivity index (χ3n) is 5.59. The van der Waals surface area contributed by atoms with E-state index in [-0.39, 0.29) is 17.7 Å². The summed E-state index contributed by atoms with van der Waals surface area (Å²) in [4.78, 5) is 37.9. The van der Waals surface area contributed by atoms with E-state index in [1.807, 2.05) is 36.4 Å². The highest BCUT2D eigenvalue weighted by molar-refractivity contribution is 6.09. The summed E-state index contributed by atoms with van der Waals surface area (Å²) in [6.45, 7) is 2.09. The number of hydrogen-bond donors (Lipinski definition) is 2. The molecule has 8 nitrogen and oxygen atoms in total.